The van der Waals surface area contributed by atoms with Gasteiger partial charge in [-0.15, -0.1) is 0 Å². The first-order valence-corrected chi connectivity index (χ1v) is 6.43. The van der Waals surface area contributed by atoms with Crippen molar-refractivity contribution in [2.75, 3.05) is 26.1 Å². The number of benzene rings is 1. The van der Waals surface area contributed by atoms with Crippen molar-refractivity contribution in [1.82, 2.24) is 0 Å². The number of nitrogen functional groups attached to an aromatic ring is 1. The van der Waals surface area contributed by atoms with Gasteiger partial charge >= 0.3 is 5.97 Å². The van der Waals surface area contributed by atoms with Crippen LogP contribution in [0.1, 0.15) is 29.6 Å². The molecule has 2 N–H and O–H groups in total. The molecule has 1 fully saturated rings. The number of carbonyl (C=O) groups excluding carboxylic acids is 1. The van der Waals surface area contributed by atoms with Gasteiger partial charge in [-0.2, -0.15) is 0 Å². The van der Waals surface area contributed by atoms with Gasteiger partial charge < -0.3 is 19.9 Å². The average Bonchev–Trinajstić information content (AvgIpc) is 2.45. The van der Waals surface area contributed by atoms with E-state index in [0.717, 1.165) is 25.9 Å². The summed E-state index contributed by atoms with van der Waals surface area (Å²) in [6, 6.07) is 5.02. The molecule has 0 amide bonds. The molecular formula is C14H19NO4. The van der Waals surface area contributed by atoms with E-state index in [4.69, 9.17) is 19.9 Å². The summed E-state index contributed by atoms with van der Waals surface area (Å²) in [4.78, 5) is 12.0. The van der Waals surface area contributed by atoms with Crippen molar-refractivity contribution in [3.05, 3.63) is 23.8 Å². The third-order valence-electron chi connectivity index (χ3n) is 3.14. The molecule has 0 bridgehead atoms. The molecule has 1 aromatic rings. The predicted molar refractivity (Wildman–Crippen MR) is 71.3 cm³/mol. The summed E-state index contributed by atoms with van der Waals surface area (Å²) in [5, 5.41) is 0. The summed E-state index contributed by atoms with van der Waals surface area (Å²) < 4.78 is 15.9. The predicted octanol–water partition coefficient (Wildman–Crippen LogP) is 2.00. The quantitative estimate of drug-likeness (QED) is 0.666. The fraction of sp³-hybridized carbons (Fsp3) is 0.500. The van der Waals surface area contributed by atoms with Gasteiger partial charge in [-0.25, -0.2) is 4.79 Å². The Morgan fingerprint density at radius 1 is 1.47 bits per heavy atom. The monoisotopic (exact) mass is 265 g/mol. The van der Waals surface area contributed by atoms with Crippen LogP contribution in [0.3, 0.4) is 0 Å². The number of carbonyl (C=O) groups is 1. The summed E-state index contributed by atoms with van der Waals surface area (Å²) in [6.07, 6.45) is 3.13. The maximum Gasteiger partial charge on any atom is 0.342 e. The van der Waals surface area contributed by atoms with Crippen LogP contribution in [0.2, 0.25) is 0 Å². The number of rotatable bonds is 4. The molecule has 1 atom stereocenters. The Balaban J connectivity index is 1.97. The van der Waals surface area contributed by atoms with Gasteiger partial charge in [0.05, 0.1) is 18.9 Å². The van der Waals surface area contributed by atoms with Crippen LogP contribution in [0.4, 0.5) is 5.69 Å². The highest BCUT2D eigenvalue weighted by atomic mass is 16.6. The van der Waals surface area contributed by atoms with E-state index in [1.54, 1.807) is 18.2 Å². The van der Waals surface area contributed by atoms with Gasteiger partial charge in [0.1, 0.15) is 12.2 Å². The first kappa shape index (κ1) is 13.7. The van der Waals surface area contributed by atoms with Gasteiger partial charge in [0.25, 0.3) is 0 Å². The first-order chi connectivity index (χ1) is 9.22. The molecule has 1 aromatic carbocycles. The molecule has 0 aromatic heterocycles. The molecule has 0 aliphatic carbocycles. The number of hydrogen-bond acceptors (Lipinski definition) is 5. The maximum absolute atomic E-state index is 12.0. The molecule has 104 valence electrons. The molecule has 19 heavy (non-hydrogen) atoms. The highest BCUT2D eigenvalue weighted by Crippen LogP contribution is 2.26. The molecule has 2 rings (SSSR count). The van der Waals surface area contributed by atoms with Crippen LogP contribution in [-0.4, -0.2) is 32.4 Å². The summed E-state index contributed by atoms with van der Waals surface area (Å²) in [6.45, 7) is 1.01. The van der Waals surface area contributed by atoms with Crippen molar-refractivity contribution >= 4 is 11.7 Å². The van der Waals surface area contributed by atoms with Gasteiger partial charge in [0, 0.05) is 6.61 Å². The Bertz CT molecular complexity index is 441. The van der Waals surface area contributed by atoms with E-state index in [-0.39, 0.29) is 12.7 Å². The van der Waals surface area contributed by atoms with E-state index in [2.05, 4.69) is 0 Å². The first-order valence-electron chi connectivity index (χ1n) is 6.43. The van der Waals surface area contributed by atoms with Crippen LogP contribution >= 0.6 is 0 Å². The molecule has 5 heteroatoms. The normalized spacial score (nSPS) is 18.9. The lowest BCUT2D eigenvalue weighted by molar-refractivity contribution is -0.0301. The molecule has 0 spiro atoms. The number of para-hydroxylation sites is 1. The number of anilines is 1. The molecular weight excluding hydrogens is 246 g/mol. The third kappa shape index (κ3) is 3.38. The number of ether oxygens (including phenoxy) is 3. The van der Waals surface area contributed by atoms with Gasteiger partial charge in [-0.05, 0) is 31.4 Å². The van der Waals surface area contributed by atoms with Gasteiger partial charge in [0.15, 0.2) is 5.75 Å². The van der Waals surface area contributed by atoms with Crippen molar-refractivity contribution in [3.63, 3.8) is 0 Å². The largest absolute Gasteiger partial charge is 0.494 e. The minimum atomic E-state index is -0.432. The lowest BCUT2D eigenvalue weighted by Crippen LogP contribution is -2.26. The van der Waals surface area contributed by atoms with Crippen LogP contribution < -0.4 is 10.5 Å². The van der Waals surface area contributed by atoms with Crippen molar-refractivity contribution in [1.29, 1.82) is 0 Å². The maximum atomic E-state index is 12.0. The second-order valence-electron chi connectivity index (χ2n) is 4.52. The van der Waals surface area contributed by atoms with Crippen molar-refractivity contribution in [2.45, 2.75) is 25.4 Å². The molecule has 1 aliphatic rings. The fourth-order valence-corrected chi connectivity index (χ4v) is 2.13. The lowest BCUT2D eigenvalue weighted by atomic mass is 10.1. The molecule has 1 heterocycles. The number of nitrogens with two attached hydrogens (primary N) is 1. The third-order valence-corrected chi connectivity index (χ3v) is 3.14. The summed E-state index contributed by atoms with van der Waals surface area (Å²) in [7, 11) is 1.48. The zero-order chi connectivity index (χ0) is 13.7. The Morgan fingerprint density at radius 3 is 3.00 bits per heavy atom. The summed E-state index contributed by atoms with van der Waals surface area (Å²) in [5.41, 5.74) is 6.52. The molecule has 5 nitrogen and oxygen atoms in total. The zero-order valence-corrected chi connectivity index (χ0v) is 11.1. The van der Waals surface area contributed by atoms with Crippen LogP contribution in [0.25, 0.3) is 0 Å². The topological polar surface area (TPSA) is 70.8 Å². The minimum absolute atomic E-state index is 0.00440. The van der Waals surface area contributed by atoms with Crippen LogP contribution in [0.15, 0.2) is 18.2 Å². The van der Waals surface area contributed by atoms with E-state index in [1.807, 2.05) is 0 Å². The molecule has 1 aliphatic heterocycles. The van der Waals surface area contributed by atoms with Gasteiger partial charge in [-0.3, -0.25) is 0 Å². The van der Waals surface area contributed by atoms with E-state index < -0.39 is 5.97 Å². The SMILES string of the molecule is COc1c(N)cccc1C(=O)OCC1CCCCO1. The van der Waals surface area contributed by atoms with Crippen LogP contribution in [0.5, 0.6) is 5.75 Å². The highest BCUT2D eigenvalue weighted by molar-refractivity contribution is 5.94. The summed E-state index contributed by atoms with van der Waals surface area (Å²) >= 11 is 0. The summed E-state index contributed by atoms with van der Waals surface area (Å²) in [5.74, 6) is -0.0737. The Labute approximate surface area is 112 Å². The average molecular weight is 265 g/mol. The Kier molecular flexibility index (Phi) is 4.63. The van der Waals surface area contributed by atoms with Gasteiger partial charge in [0.2, 0.25) is 0 Å². The van der Waals surface area contributed by atoms with E-state index >= 15 is 0 Å². The van der Waals surface area contributed by atoms with E-state index in [1.165, 1.54) is 7.11 Å². The minimum Gasteiger partial charge on any atom is -0.494 e. The zero-order valence-electron chi connectivity index (χ0n) is 11.1. The lowest BCUT2D eigenvalue weighted by Gasteiger charge is -2.22. The second kappa shape index (κ2) is 6.43. The Hall–Kier alpha value is -1.75. The van der Waals surface area contributed by atoms with Crippen LogP contribution in [0, 0.1) is 0 Å². The van der Waals surface area contributed by atoms with Crippen molar-refractivity contribution < 1.29 is 19.0 Å². The molecule has 0 saturated carbocycles. The smallest absolute Gasteiger partial charge is 0.342 e. The van der Waals surface area contributed by atoms with Crippen LogP contribution in [-0.2, 0) is 9.47 Å². The van der Waals surface area contributed by atoms with Crippen molar-refractivity contribution in [3.8, 4) is 5.75 Å². The molecule has 1 unspecified atom stereocenters. The molecule has 1 saturated heterocycles. The van der Waals surface area contributed by atoms with Gasteiger partial charge in [-0.1, -0.05) is 6.07 Å². The number of methoxy groups -OCH3 is 1. The Morgan fingerprint density at radius 2 is 2.32 bits per heavy atom. The van der Waals surface area contributed by atoms with E-state index in [0.29, 0.717) is 17.0 Å². The second-order valence-corrected chi connectivity index (χ2v) is 4.52. The number of esters is 1. The van der Waals surface area contributed by atoms with E-state index in [9.17, 15) is 4.79 Å². The number of hydrogen-bond donors (Lipinski definition) is 1. The fourth-order valence-electron chi connectivity index (χ4n) is 2.13. The van der Waals surface area contributed by atoms with Crippen molar-refractivity contribution in [2.24, 2.45) is 0 Å². The molecule has 0 radical (unpaired) electrons. The highest BCUT2D eigenvalue weighted by Gasteiger charge is 2.19. The standard InChI is InChI=1S/C14H19NO4/c1-17-13-11(6-4-7-12(13)15)14(16)19-9-10-5-2-3-8-18-10/h4,6-7,10H,2-3,5,8-9,15H2,1H3.